The molecule has 0 unspecified atom stereocenters. The van der Waals surface area contributed by atoms with Gasteiger partial charge in [-0.3, -0.25) is 4.79 Å². The van der Waals surface area contributed by atoms with E-state index in [4.69, 9.17) is 16.3 Å². The van der Waals surface area contributed by atoms with Gasteiger partial charge in [-0.05, 0) is 36.6 Å². The zero-order chi connectivity index (χ0) is 16.3. The van der Waals surface area contributed by atoms with Crippen molar-refractivity contribution in [2.75, 3.05) is 17.8 Å². The zero-order valence-electron chi connectivity index (χ0n) is 12.9. The number of unbranched alkanes of at least 4 members (excludes halogenated alkanes) is 1. The van der Waals surface area contributed by atoms with Crippen LogP contribution in [0.2, 0.25) is 0 Å². The smallest absolute Gasteiger partial charge is 0.248 e. The van der Waals surface area contributed by atoms with Gasteiger partial charge in [0.15, 0.2) is 0 Å². The van der Waals surface area contributed by atoms with Crippen LogP contribution in [-0.4, -0.2) is 18.4 Å². The first-order valence-electron chi connectivity index (χ1n) is 7.61. The van der Waals surface area contributed by atoms with Crippen LogP contribution in [0.25, 0.3) is 6.08 Å². The monoisotopic (exact) mass is 329 g/mol. The van der Waals surface area contributed by atoms with Gasteiger partial charge in [0, 0.05) is 23.7 Å². The van der Waals surface area contributed by atoms with E-state index < -0.39 is 0 Å². The normalized spacial score (nSPS) is 10.7. The van der Waals surface area contributed by atoms with Gasteiger partial charge in [0.1, 0.15) is 5.75 Å². The molecule has 2 aromatic rings. The number of nitrogens with one attached hydrogen (secondary N) is 1. The SMILES string of the molecule is O=C(/C=C\c1ccccc1)Nc1cccc(OCCCCCl)c1. The molecule has 0 bridgehead atoms. The summed E-state index contributed by atoms with van der Waals surface area (Å²) in [5.74, 6) is 1.21. The molecule has 0 saturated heterocycles. The molecule has 0 aliphatic rings. The molecule has 2 aromatic carbocycles. The fourth-order valence-electron chi connectivity index (χ4n) is 1.97. The third-order valence-corrected chi connectivity index (χ3v) is 3.39. The first kappa shape index (κ1) is 17.1. The lowest BCUT2D eigenvalue weighted by molar-refractivity contribution is -0.111. The Labute approximate surface area is 141 Å². The molecule has 0 fully saturated rings. The highest BCUT2D eigenvalue weighted by atomic mass is 35.5. The zero-order valence-corrected chi connectivity index (χ0v) is 13.6. The largest absolute Gasteiger partial charge is 0.494 e. The van der Waals surface area contributed by atoms with Gasteiger partial charge in [-0.15, -0.1) is 11.6 Å². The summed E-state index contributed by atoms with van der Waals surface area (Å²) < 4.78 is 5.63. The van der Waals surface area contributed by atoms with Gasteiger partial charge < -0.3 is 10.1 Å². The number of halogens is 1. The average molecular weight is 330 g/mol. The van der Waals surface area contributed by atoms with Crippen LogP contribution in [-0.2, 0) is 4.79 Å². The van der Waals surface area contributed by atoms with Crippen molar-refractivity contribution < 1.29 is 9.53 Å². The highest BCUT2D eigenvalue weighted by Gasteiger charge is 2.00. The third-order valence-electron chi connectivity index (χ3n) is 3.13. The van der Waals surface area contributed by atoms with E-state index in [1.54, 1.807) is 6.08 Å². The minimum atomic E-state index is -0.173. The van der Waals surface area contributed by atoms with Crippen LogP contribution < -0.4 is 10.1 Å². The van der Waals surface area contributed by atoms with E-state index in [0.717, 1.165) is 24.2 Å². The van der Waals surface area contributed by atoms with Crippen molar-refractivity contribution in [3.63, 3.8) is 0 Å². The molecule has 0 saturated carbocycles. The predicted octanol–water partition coefficient (Wildman–Crippen LogP) is 4.74. The molecule has 0 heterocycles. The molecule has 120 valence electrons. The van der Waals surface area contributed by atoms with E-state index in [-0.39, 0.29) is 5.91 Å². The number of amides is 1. The molecule has 23 heavy (non-hydrogen) atoms. The third kappa shape index (κ3) is 6.57. The van der Waals surface area contributed by atoms with Crippen LogP contribution in [0.5, 0.6) is 5.75 Å². The number of rotatable bonds is 8. The van der Waals surface area contributed by atoms with Gasteiger partial charge in [0.25, 0.3) is 0 Å². The standard InChI is InChI=1S/C19H20ClNO2/c20-13-4-5-14-23-18-10-6-9-17(15-18)21-19(22)12-11-16-7-2-1-3-8-16/h1-3,6-12,15H,4-5,13-14H2,(H,21,22)/b12-11-. The Kier molecular flexibility index (Phi) is 7.21. The maximum atomic E-state index is 11.9. The summed E-state index contributed by atoms with van der Waals surface area (Å²) in [4.78, 5) is 11.9. The number of hydrogen-bond donors (Lipinski definition) is 1. The van der Waals surface area contributed by atoms with E-state index in [9.17, 15) is 4.79 Å². The van der Waals surface area contributed by atoms with Crippen molar-refractivity contribution >= 4 is 29.3 Å². The molecule has 1 amide bonds. The van der Waals surface area contributed by atoms with Crippen molar-refractivity contribution in [1.29, 1.82) is 0 Å². The summed E-state index contributed by atoms with van der Waals surface area (Å²) in [5, 5.41) is 2.83. The van der Waals surface area contributed by atoms with Crippen LogP contribution in [0, 0.1) is 0 Å². The van der Waals surface area contributed by atoms with Crippen LogP contribution in [0.15, 0.2) is 60.7 Å². The summed E-state index contributed by atoms with van der Waals surface area (Å²) >= 11 is 5.63. The van der Waals surface area contributed by atoms with Gasteiger partial charge >= 0.3 is 0 Å². The molecular weight excluding hydrogens is 310 g/mol. The lowest BCUT2D eigenvalue weighted by atomic mass is 10.2. The summed E-state index contributed by atoms with van der Waals surface area (Å²) in [6, 6.07) is 17.1. The molecule has 0 spiro atoms. The Morgan fingerprint density at radius 3 is 2.70 bits per heavy atom. The van der Waals surface area contributed by atoms with Gasteiger partial charge in [0.2, 0.25) is 5.91 Å². The lowest BCUT2D eigenvalue weighted by Gasteiger charge is -2.08. The Morgan fingerprint density at radius 2 is 1.91 bits per heavy atom. The molecule has 0 aliphatic heterocycles. The van der Waals surface area contributed by atoms with E-state index in [0.29, 0.717) is 18.2 Å². The number of benzene rings is 2. The summed E-state index contributed by atoms with van der Waals surface area (Å²) in [7, 11) is 0. The number of ether oxygens (including phenoxy) is 1. The number of alkyl halides is 1. The second kappa shape index (κ2) is 9.70. The van der Waals surface area contributed by atoms with Gasteiger partial charge in [-0.2, -0.15) is 0 Å². The lowest BCUT2D eigenvalue weighted by Crippen LogP contribution is -2.08. The quantitative estimate of drug-likeness (QED) is 0.431. The number of anilines is 1. The van der Waals surface area contributed by atoms with E-state index in [1.165, 1.54) is 6.08 Å². The number of hydrogen-bond acceptors (Lipinski definition) is 2. The summed E-state index contributed by atoms with van der Waals surface area (Å²) in [6.45, 7) is 0.623. The predicted molar refractivity (Wildman–Crippen MR) is 96.0 cm³/mol. The average Bonchev–Trinajstić information content (AvgIpc) is 2.58. The van der Waals surface area contributed by atoms with Crippen LogP contribution in [0.4, 0.5) is 5.69 Å². The maximum Gasteiger partial charge on any atom is 0.248 e. The fraction of sp³-hybridized carbons (Fsp3) is 0.211. The molecule has 3 nitrogen and oxygen atoms in total. The van der Waals surface area contributed by atoms with Crippen LogP contribution in [0.3, 0.4) is 0 Å². The van der Waals surface area contributed by atoms with Crippen molar-refractivity contribution in [2.24, 2.45) is 0 Å². The topological polar surface area (TPSA) is 38.3 Å². The highest BCUT2D eigenvalue weighted by molar-refractivity contribution is 6.17. The highest BCUT2D eigenvalue weighted by Crippen LogP contribution is 2.17. The Hall–Kier alpha value is -2.26. The van der Waals surface area contributed by atoms with Gasteiger partial charge in [-0.25, -0.2) is 0 Å². The van der Waals surface area contributed by atoms with Crippen molar-refractivity contribution in [3.8, 4) is 5.75 Å². The van der Waals surface area contributed by atoms with Crippen LogP contribution >= 0.6 is 11.6 Å². The summed E-state index contributed by atoms with van der Waals surface area (Å²) in [6.07, 6.45) is 5.15. The molecule has 0 aliphatic carbocycles. The molecule has 0 atom stereocenters. The minimum absolute atomic E-state index is 0.173. The Bertz CT molecular complexity index is 641. The van der Waals surface area contributed by atoms with E-state index >= 15 is 0 Å². The number of carbonyl (C=O) groups excluding carboxylic acids is 1. The Balaban J connectivity index is 1.87. The van der Waals surface area contributed by atoms with E-state index in [1.807, 2.05) is 54.6 Å². The maximum absolute atomic E-state index is 11.9. The number of carbonyl (C=O) groups is 1. The molecular formula is C19H20ClNO2. The molecule has 2 rings (SSSR count). The fourth-order valence-corrected chi connectivity index (χ4v) is 2.16. The van der Waals surface area contributed by atoms with Crippen LogP contribution in [0.1, 0.15) is 18.4 Å². The first-order chi connectivity index (χ1) is 11.3. The van der Waals surface area contributed by atoms with Crippen molar-refractivity contribution in [3.05, 3.63) is 66.2 Å². The second-order valence-corrected chi connectivity index (χ2v) is 5.38. The second-order valence-electron chi connectivity index (χ2n) is 5.01. The Morgan fingerprint density at radius 1 is 1.09 bits per heavy atom. The van der Waals surface area contributed by atoms with Gasteiger partial charge in [0.05, 0.1) is 6.61 Å². The minimum Gasteiger partial charge on any atom is -0.494 e. The molecule has 4 heteroatoms. The van der Waals surface area contributed by atoms with E-state index in [2.05, 4.69) is 5.32 Å². The molecule has 1 N–H and O–H groups in total. The van der Waals surface area contributed by atoms with Gasteiger partial charge in [-0.1, -0.05) is 36.4 Å². The molecule has 0 radical (unpaired) electrons. The first-order valence-corrected chi connectivity index (χ1v) is 8.14. The summed E-state index contributed by atoms with van der Waals surface area (Å²) in [5.41, 5.74) is 1.70. The molecule has 0 aromatic heterocycles. The van der Waals surface area contributed by atoms with Crippen molar-refractivity contribution in [1.82, 2.24) is 0 Å². The van der Waals surface area contributed by atoms with Crippen molar-refractivity contribution in [2.45, 2.75) is 12.8 Å².